The fourth-order valence-electron chi connectivity index (χ4n) is 1.55. The summed E-state index contributed by atoms with van der Waals surface area (Å²) in [5.41, 5.74) is 1.18. The van der Waals surface area contributed by atoms with E-state index in [0.717, 1.165) is 0 Å². The first kappa shape index (κ1) is 13.1. The molecule has 0 radical (unpaired) electrons. The van der Waals surface area contributed by atoms with Crippen molar-refractivity contribution in [3.05, 3.63) is 35.9 Å². The van der Waals surface area contributed by atoms with Crippen LogP contribution < -0.4 is 10.6 Å². The zero-order valence-electron chi connectivity index (χ0n) is 11.1. The van der Waals surface area contributed by atoms with Gasteiger partial charge in [0.1, 0.15) is 5.76 Å². The van der Waals surface area contributed by atoms with Crippen LogP contribution in [0.25, 0.3) is 0 Å². The molecular formula is C13H16N4O2. The van der Waals surface area contributed by atoms with Crippen LogP contribution in [0.1, 0.15) is 30.0 Å². The molecule has 100 valence electrons. The normalized spacial score (nSPS) is 10.5. The minimum absolute atomic E-state index is 0.0855. The van der Waals surface area contributed by atoms with Gasteiger partial charge >= 0.3 is 0 Å². The molecule has 0 aliphatic carbocycles. The van der Waals surface area contributed by atoms with Crippen molar-refractivity contribution in [2.75, 3.05) is 5.32 Å². The molecular weight excluding hydrogens is 244 g/mol. The van der Waals surface area contributed by atoms with E-state index in [4.69, 9.17) is 4.52 Å². The highest BCUT2D eigenvalue weighted by molar-refractivity contribution is 5.95. The van der Waals surface area contributed by atoms with Crippen molar-refractivity contribution in [1.82, 2.24) is 15.5 Å². The lowest BCUT2D eigenvalue weighted by Gasteiger charge is -2.09. The van der Waals surface area contributed by atoms with Crippen LogP contribution in [-0.4, -0.2) is 22.1 Å². The fourth-order valence-corrected chi connectivity index (χ4v) is 1.55. The van der Waals surface area contributed by atoms with E-state index >= 15 is 0 Å². The number of pyridine rings is 1. The van der Waals surface area contributed by atoms with Crippen molar-refractivity contribution in [3.8, 4) is 0 Å². The molecule has 6 nitrogen and oxygen atoms in total. The molecule has 0 atom stereocenters. The molecule has 2 aromatic rings. The molecule has 0 fully saturated rings. The van der Waals surface area contributed by atoms with Crippen LogP contribution in [0.2, 0.25) is 0 Å². The molecule has 1 amide bonds. The number of hydrogen-bond acceptors (Lipinski definition) is 5. The molecule has 0 unspecified atom stereocenters. The second-order valence-electron chi connectivity index (χ2n) is 4.54. The summed E-state index contributed by atoms with van der Waals surface area (Å²) in [4.78, 5) is 15.9. The zero-order chi connectivity index (χ0) is 13.8. The van der Waals surface area contributed by atoms with E-state index in [1.807, 2.05) is 20.8 Å². The summed E-state index contributed by atoms with van der Waals surface area (Å²) >= 11 is 0. The highest BCUT2D eigenvalue weighted by Crippen LogP contribution is 2.16. The Balaban J connectivity index is 2.13. The van der Waals surface area contributed by atoms with Gasteiger partial charge in [-0.2, -0.15) is 0 Å². The Hall–Kier alpha value is -2.37. The maximum absolute atomic E-state index is 11.9. The molecule has 0 aliphatic heterocycles. The molecule has 2 N–H and O–H groups in total. The Kier molecular flexibility index (Phi) is 3.79. The number of aromatic nitrogens is 2. The minimum atomic E-state index is -0.150. The zero-order valence-corrected chi connectivity index (χ0v) is 11.1. The summed E-state index contributed by atoms with van der Waals surface area (Å²) in [6.07, 6.45) is 3.15. The Labute approximate surface area is 111 Å². The summed E-state index contributed by atoms with van der Waals surface area (Å²) in [5.74, 6) is 1.15. The van der Waals surface area contributed by atoms with Crippen LogP contribution in [0, 0.1) is 6.92 Å². The molecule has 0 bridgehead atoms. The van der Waals surface area contributed by atoms with Gasteiger partial charge in [0, 0.05) is 18.3 Å². The molecule has 0 spiro atoms. The van der Waals surface area contributed by atoms with Crippen LogP contribution in [0.15, 0.2) is 29.0 Å². The minimum Gasteiger partial charge on any atom is -0.360 e. The highest BCUT2D eigenvalue weighted by Gasteiger charge is 2.09. The summed E-state index contributed by atoms with van der Waals surface area (Å²) < 4.78 is 4.95. The third-order valence-corrected chi connectivity index (χ3v) is 2.32. The van der Waals surface area contributed by atoms with E-state index in [-0.39, 0.29) is 11.9 Å². The van der Waals surface area contributed by atoms with Crippen LogP contribution in [0.4, 0.5) is 11.5 Å². The van der Waals surface area contributed by atoms with E-state index < -0.39 is 0 Å². The quantitative estimate of drug-likeness (QED) is 0.881. The van der Waals surface area contributed by atoms with Crippen LogP contribution in [0.5, 0.6) is 0 Å². The van der Waals surface area contributed by atoms with Crippen LogP contribution >= 0.6 is 0 Å². The Bertz CT molecular complexity index is 578. The number of anilines is 2. The van der Waals surface area contributed by atoms with E-state index in [0.29, 0.717) is 22.8 Å². The van der Waals surface area contributed by atoms with Gasteiger partial charge in [0.05, 0.1) is 17.4 Å². The standard InChI is InChI=1S/C13H16N4O2/c1-8(2)15-13(18)10-5-11(7-14-6-10)16-12-4-9(3)19-17-12/h4-8H,1-3H3,(H,15,18)(H,16,17). The molecule has 0 saturated carbocycles. The first-order chi connectivity index (χ1) is 9.04. The van der Waals surface area contributed by atoms with Crippen LogP contribution in [-0.2, 0) is 0 Å². The summed E-state index contributed by atoms with van der Waals surface area (Å²) in [6.45, 7) is 5.63. The molecule has 2 heterocycles. The first-order valence-corrected chi connectivity index (χ1v) is 6.01. The Morgan fingerprint density at radius 2 is 2.11 bits per heavy atom. The number of rotatable bonds is 4. The lowest BCUT2D eigenvalue weighted by Crippen LogP contribution is -2.30. The smallest absolute Gasteiger partial charge is 0.253 e. The number of hydrogen-bond donors (Lipinski definition) is 2. The Morgan fingerprint density at radius 1 is 1.32 bits per heavy atom. The molecule has 19 heavy (non-hydrogen) atoms. The lowest BCUT2D eigenvalue weighted by molar-refractivity contribution is 0.0943. The lowest BCUT2D eigenvalue weighted by atomic mass is 10.2. The number of aryl methyl sites for hydroxylation is 1. The maximum atomic E-state index is 11.9. The van der Waals surface area contributed by atoms with Gasteiger partial charge in [0.25, 0.3) is 5.91 Å². The Morgan fingerprint density at radius 3 is 2.74 bits per heavy atom. The molecule has 2 aromatic heterocycles. The van der Waals surface area contributed by atoms with Crippen molar-refractivity contribution in [2.24, 2.45) is 0 Å². The van der Waals surface area contributed by atoms with Crippen molar-refractivity contribution < 1.29 is 9.32 Å². The predicted molar refractivity (Wildman–Crippen MR) is 71.4 cm³/mol. The second kappa shape index (κ2) is 5.51. The topological polar surface area (TPSA) is 80.0 Å². The van der Waals surface area contributed by atoms with Gasteiger partial charge in [-0.1, -0.05) is 5.16 Å². The average molecular weight is 260 g/mol. The second-order valence-corrected chi connectivity index (χ2v) is 4.54. The monoisotopic (exact) mass is 260 g/mol. The third kappa shape index (κ3) is 3.54. The number of amides is 1. The number of carbonyl (C=O) groups excluding carboxylic acids is 1. The molecule has 0 aliphatic rings. The van der Waals surface area contributed by atoms with Gasteiger partial charge in [0.2, 0.25) is 0 Å². The van der Waals surface area contributed by atoms with E-state index in [2.05, 4.69) is 20.8 Å². The van der Waals surface area contributed by atoms with Crippen molar-refractivity contribution >= 4 is 17.4 Å². The maximum Gasteiger partial charge on any atom is 0.253 e. The SMILES string of the molecule is Cc1cc(Nc2cncc(C(=O)NC(C)C)c2)no1. The van der Waals surface area contributed by atoms with Gasteiger partial charge in [-0.05, 0) is 26.8 Å². The number of nitrogens with zero attached hydrogens (tertiary/aromatic N) is 2. The van der Waals surface area contributed by atoms with Crippen molar-refractivity contribution in [1.29, 1.82) is 0 Å². The van der Waals surface area contributed by atoms with Crippen molar-refractivity contribution in [2.45, 2.75) is 26.8 Å². The van der Waals surface area contributed by atoms with Crippen molar-refractivity contribution in [3.63, 3.8) is 0 Å². The molecule has 0 aromatic carbocycles. The van der Waals surface area contributed by atoms with Crippen LogP contribution in [0.3, 0.4) is 0 Å². The third-order valence-electron chi connectivity index (χ3n) is 2.32. The average Bonchev–Trinajstić information content (AvgIpc) is 2.74. The van der Waals surface area contributed by atoms with E-state index in [9.17, 15) is 4.79 Å². The van der Waals surface area contributed by atoms with Gasteiger partial charge in [-0.15, -0.1) is 0 Å². The first-order valence-electron chi connectivity index (χ1n) is 6.01. The predicted octanol–water partition coefficient (Wildman–Crippen LogP) is 2.26. The van der Waals surface area contributed by atoms with Gasteiger partial charge in [-0.3, -0.25) is 9.78 Å². The molecule has 6 heteroatoms. The summed E-state index contributed by atoms with van der Waals surface area (Å²) in [6, 6.07) is 3.57. The molecule has 0 saturated heterocycles. The number of nitrogens with one attached hydrogen (secondary N) is 2. The highest BCUT2D eigenvalue weighted by atomic mass is 16.5. The number of carbonyl (C=O) groups is 1. The van der Waals surface area contributed by atoms with Gasteiger partial charge < -0.3 is 15.2 Å². The fraction of sp³-hybridized carbons (Fsp3) is 0.308. The summed E-state index contributed by atoms with van der Waals surface area (Å²) in [5, 5.41) is 9.66. The van der Waals surface area contributed by atoms with E-state index in [1.54, 1.807) is 18.3 Å². The van der Waals surface area contributed by atoms with Gasteiger partial charge in [0.15, 0.2) is 5.82 Å². The van der Waals surface area contributed by atoms with E-state index in [1.165, 1.54) is 6.20 Å². The van der Waals surface area contributed by atoms with Gasteiger partial charge in [-0.25, -0.2) is 0 Å². The molecule has 2 rings (SSSR count). The largest absolute Gasteiger partial charge is 0.360 e. The summed E-state index contributed by atoms with van der Waals surface area (Å²) in [7, 11) is 0.